The summed E-state index contributed by atoms with van der Waals surface area (Å²) >= 11 is 0. The number of benzene rings is 2. The fraction of sp³-hybridized carbons (Fsp3) is 0.429. The van der Waals surface area contributed by atoms with E-state index in [1.54, 1.807) is 0 Å². The molecule has 0 radical (unpaired) electrons. The molecular weight excluding hydrogens is 312 g/mol. The molecule has 25 heavy (non-hydrogen) atoms. The third-order valence-corrected chi connectivity index (χ3v) is 4.90. The molecule has 1 N–H and O–H groups in total. The fourth-order valence-corrected chi connectivity index (χ4v) is 3.30. The Bertz CT molecular complexity index is 630. The van der Waals surface area contributed by atoms with Gasteiger partial charge < -0.3 is 14.7 Å². The minimum absolute atomic E-state index is 0.260. The van der Waals surface area contributed by atoms with E-state index < -0.39 is 0 Å². The molecule has 0 spiro atoms. The summed E-state index contributed by atoms with van der Waals surface area (Å²) in [6.07, 6.45) is 0.846. The van der Waals surface area contributed by atoms with E-state index in [1.807, 2.05) is 18.2 Å². The number of hydrogen-bond acceptors (Lipinski definition) is 4. The Hall–Kier alpha value is -1.88. The van der Waals surface area contributed by atoms with Crippen LogP contribution in [-0.4, -0.2) is 54.2 Å². The van der Waals surface area contributed by atoms with E-state index in [0.29, 0.717) is 12.6 Å². The Balaban J connectivity index is 1.50. The minimum Gasteiger partial charge on any atom is -0.489 e. The molecular formula is C21H28N2O2. The van der Waals surface area contributed by atoms with Gasteiger partial charge in [-0.25, -0.2) is 0 Å². The predicted octanol–water partition coefficient (Wildman–Crippen LogP) is 2.76. The molecule has 1 saturated heterocycles. The van der Waals surface area contributed by atoms with Crippen LogP contribution in [0.5, 0.6) is 5.75 Å². The van der Waals surface area contributed by atoms with Crippen LogP contribution in [0.25, 0.3) is 0 Å². The van der Waals surface area contributed by atoms with Crippen molar-refractivity contribution in [3.63, 3.8) is 0 Å². The van der Waals surface area contributed by atoms with Crippen LogP contribution in [0.2, 0.25) is 0 Å². The molecule has 0 bridgehead atoms. The smallest absolute Gasteiger partial charge is 0.119 e. The number of hydrogen-bond donors (Lipinski definition) is 1. The lowest BCUT2D eigenvalue weighted by Crippen LogP contribution is -2.51. The first-order valence-electron chi connectivity index (χ1n) is 9.04. The average molecular weight is 340 g/mol. The van der Waals surface area contributed by atoms with Crippen molar-refractivity contribution in [1.29, 1.82) is 0 Å². The van der Waals surface area contributed by atoms with Gasteiger partial charge >= 0.3 is 0 Å². The Labute approximate surface area is 150 Å². The van der Waals surface area contributed by atoms with Crippen LogP contribution >= 0.6 is 0 Å². The normalized spacial score (nSPS) is 19.0. The minimum atomic E-state index is 0.260. The Kier molecular flexibility index (Phi) is 6.45. The summed E-state index contributed by atoms with van der Waals surface area (Å²) in [5, 5.41) is 9.22. The number of aliphatic hydroxyl groups excluding tert-OH is 1. The van der Waals surface area contributed by atoms with Gasteiger partial charge in [0.1, 0.15) is 12.4 Å². The molecule has 4 heteroatoms. The highest BCUT2D eigenvalue weighted by atomic mass is 16.5. The van der Waals surface area contributed by atoms with Crippen molar-refractivity contribution >= 4 is 0 Å². The molecule has 1 aliphatic heterocycles. The van der Waals surface area contributed by atoms with Gasteiger partial charge in [-0.15, -0.1) is 0 Å². The molecule has 3 rings (SSSR count). The first-order valence-corrected chi connectivity index (χ1v) is 9.04. The summed E-state index contributed by atoms with van der Waals surface area (Å²) < 4.78 is 5.85. The average Bonchev–Trinajstić information content (AvgIpc) is 2.65. The van der Waals surface area contributed by atoms with Crippen LogP contribution in [0.1, 0.15) is 17.5 Å². The van der Waals surface area contributed by atoms with Crippen molar-refractivity contribution in [1.82, 2.24) is 9.80 Å². The topological polar surface area (TPSA) is 35.9 Å². The highest BCUT2D eigenvalue weighted by Gasteiger charge is 2.23. The second-order valence-electron chi connectivity index (χ2n) is 6.80. The lowest BCUT2D eigenvalue weighted by Gasteiger charge is -2.39. The number of likely N-dealkylation sites (N-methyl/N-ethyl adjacent to an activating group) is 1. The second-order valence-corrected chi connectivity index (χ2v) is 6.80. The molecule has 2 aromatic rings. The van der Waals surface area contributed by atoms with E-state index in [-0.39, 0.29) is 6.61 Å². The van der Waals surface area contributed by atoms with Gasteiger partial charge in [0.2, 0.25) is 0 Å². The summed E-state index contributed by atoms with van der Waals surface area (Å²) in [5.74, 6) is 0.907. The summed E-state index contributed by atoms with van der Waals surface area (Å²) in [4.78, 5) is 4.83. The summed E-state index contributed by atoms with van der Waals surface area (Å²) in [6, 6.07) is 19.1. The van der Waals surface area contributed by atoms with E-state index in [9.17, 15) is 5.11 Å². The number of piperazine rings is 1. The van der Waals surface area contributed by atoms with Crippen LogP contribution in [0.15, 0.2) is 54.6 Å². The quantitative estimate of drug-likeness (QED) is 0.841. The van der Waals surface area contributed by atoms with Crippen LogP contribution in [0.4, 0.5) is 0 Å². The van der Waals surface area contributed by atoms with Crippen molar-refractivity contribution < 1.29 is 9.84 Å². The Morgan fingerprint density at radius 2 is 1.76 bits per heavy atom. The number of rotatable bonds is 7. The van der Waals surface area contributed by atoms with Gasteiger partial charge in [-0.2, -0.15) is 0 Å². The standard InChI is InChI=1S/C21H28N2O2/c1-22-12-13-23(16-20(22)11-14-24)15-18-7-9-21(10-8-18)25-17-19-5-3-2-4-6-19/h2-10,20,24H,11-17H2,1H3/t20-/m0/s1. The van der Waals surface area contributed by atoms with E-state index in [0.717, 1.165) is 38.3 Å². The molecule has 0 aromatic heterocycles. The first kappa shape index (κ1) is 17.9. The second kappa shape index (κ2) is 8.99. The largest absolute Gasteiger partial charge is 0.489 e. The molecule has 0 amide bonds. The van der Waals surface area contributed by atoms with E-state index >= 15 is 0 Å². The maximum absolute atomic E-state index is 9.22. The zero-order chi connectivity index (χ0) is 17.5. The molecule has 1 atom stereocenters. The van der Waals surface area contributed by atoms with Gasteiger partial charge in [-0.3, -0.25) is 4.90 Å². The van der Waals surface area contributed by atoms with E-state index in [4.69, 9.17) is 4.74 Å². The van der Waals surface area contributed by atoms with Gasteiger partial charge in [0, 0.05) is 38.8 Å². The van der Waals surface area contributed by atoms with E-state index in [1.165, 1.54) is 11.1 Å². The lowest BCUT2D eigenvalue weighted by atomic mass is 10.1. The van der Waals surface area contributed by atoms with Crippen molar-refractivity contribution in [3.05, 3.63) is 65.7 Å². The van der Waals surface area contributed by atoms with Crippen molar-refractivity contribution in [2.24, 2.45) is 0 Å². The summed E-state index contributed by atoms with van der Waals surface area (Å²) in [7, 11) is 2.15. The van der Waals surface area contributed by atoms with E-state index in [2.05, 4.69) is 53.2 Å². The first-order chi connectivity index (χ1) is 12.2. The fourth-order valence-electron chi connectivity index (χ4n) is 3.30. The third kappa shape index (κ3) is 5.30. The zero-order valence-electron chi connectivity index (χ0n) is 15.0. The predicted molar refractivity (Wildman–Crippen MR) is 101 cm³/mol. The van der Waals surface area contributed by atoms with Crippen LogP contribution in [0, 0.1) is 0 Å². The van der Waals surface area contributed by atoms with Crippen molar-refractivity contribution in [3.8, 4) is 5.75 Å². The Morgan fingerprint density at radius 1 is 1.00 bits per heavy atom. The molecule has 0 saturated carbocycles. The Morgan fingerprint density at radius 3 is 2.48 bits per heavy atom. The monoisotopic (exact) mass is 340 g/mol. The summed E-state index contributed by atoms with van der Waals surface area (Å²) in [5.41, 5.74) is 2.48. The lowest BCUT2D eigenvalue weighted by molar-refractivity contribution is 0.0743. The highest BCUT2D eigenvalue weighted by molar-refractivity contribution is 5.28. The van der Waals surface area contributed by atoms with Gasteiger partial charge in [-0.05, 0) is 36.7 Å². The van der Waals surface area contributed by atoms with Crippen molar-refractivity contribution in [2.45, 2.75) is 25.6 Å². The molecule has 0 aliphatic carbocycles. The maximum atomic E-state index is 9.22. The highest BCUT2D eigenvalue weighted by Crippen LogP contribution is 2.18. The number of nitrogens with zero attached hydrogens (tertiary/aromatic N) is 2. The maximum Gasteiger partial charge on any atom is 0.119 e. The summed E-state index contributed by atoms with van der Waals surface area (Å²) in [6.45, 7) is 4.96. The molecule has 1 aliphatic rings. The SMILES string of the molecule is CN1CCN(Cc2ccc(OCc3ccccc3)cc2)C[C@@H]1CCO. The van der Waals surface area contributed by atoms with Crippen molar-refractivity contribution in [2.75, 3.05) is 33.3 Å². The van der Waals surface area contributed by atoms with Crippen LogP contribution < -0.4 is 4.74 Å². The molecule has 4 nitrogen and oxygen atoms in total. The van der Waals surface area contributed by atoms with Crippen LogP contribution in [-0.2, 0) is 13.2 Å². The van der Waals surface area contributed by atoms with Gasteiger partial charge in [0.15, 0.2) is 0 Å². The molecule has 0 unspecified atom stereocenters. The molecule has 1 fully saturated rings. The van der Waals surface area contributed by atoms with Crippen LogP contribution in [0.3, 0.4) is 0 Å². The number of aliphatic hydroxyl groups is 1. The molecule has 134 valence electrons. The number of ether oxygens (including phenoxy) is 1. The van der Waals surface area contributed by atoms with Gasteiger partial charge in [0.25, 0.3) is 0 Å². The third-order valence-electron chi connectivity index (χ3n) is 4.90. The van der Waals surface area contributed by atoms with Gasteiger partial charge in [-0.1, -0.05) is 42.5 Å². The molecule has 2 aromatic carbocycles. The zero-order valence-corrected chi connectivity index (χ0v) is 15.0. The van der Waals surface area contributed by atoms with Gasteiger partial charge in [0.05, 0.1) is 0 Å². The molecule has 1 heterocycles.